The maximum atomic E-state index is 5.43. The molecule has 3 aromatic heterocycles. The molecule has 0 bridgehead atoms. The summed E-state index contributed by atoms with van der Waals surface area (Å²) in [6.45, 7) is 3.70. The molecular weight excluding hydrogens is 362 g/mol. The standard InChI is InChI=1S/C18H19N7OS/c1-11-21-22-17-16(19-7-8-25(11)17)24-9-12(10-24)23(2)18-20-15-13(26-3)5-4-6-14(15)27-18/h4-8,12H,9-10H2,1-3H3. The molecule has 0 unspecified atom stereocenters. The highest BCUT2D eigenvalue weighted by molar-refractivity contribution is 7.22. The monoisotopic (exact) mass is 381 g/mol. The molecule has 0 atom stereocenters. The Hall–Kier alpha value is -2.94. The molecule has 1 fully saturated rings. The lowest BCUT2D eigenvalue weighted by molar-refractivity contribution is 0.419. The summed E-state index contributed by atoms with van der Waals surface area (Å²) in [5, 5.41) is 9.43. The van der Waals surface area contributed by atoms with Gasteiger partial charge < -0.3 is 14.5 Å². The number of benzene rings is 1. The van der Waals surface area contributed by atoms with Crippen LogP contribution in [0, 0.1) is 6.92 Å². The van der Waals surface area contributed by atoms with Gasteiger partial charge in [-0.05, 0) is 19.1 Å². The average molecular weight is 381 g/mol. The van der Waals surface area contributed by atoms with Gasteiger partial charge in [0.05, 0.1) is 17.9 Å². The van der Waals surface area contributed by atoms with Crippen molar-refractivity contribution in [1.82, 2.24) is 24.6 Å². The number of hydrogen-bond acceptors (Lipinski definition) is 8. The van der Waals surface area contributed by atoms with E-state index in [1.165, 1.54) is 0 Å². The molecule has 9 heteroatoms. The topological polar surface area (TPSA) is 71.7 Å². The number of aryl methyl sites for hydroxylation is 1. The summed E-state index contributed by atoms with van der Waals surface area (Å²) in [6.07, 6.45) is 3.70. The van der Waals surface area contributed by atoms with Crippen molar-refractivity contribution in [3.05, 3.63) is 36.4 Å². The zero-order valence-electron chi connectivity index (χ0n) is 15.3. The van der Waals surface area contributed by atoms with Gasteiger partial charge in [-0.2, -0.15) is 0 Å². The highest BCUT2D eigenvalue weighted by atomic mass is 32.1. The van der Waals surface area contributed by atoms with Gasteiger partial charge in [0.2, 0.25) is 5.65 Å². The molecule has 0 aliphatic carbocycles. The third kappa shape index (κ3) is 2.49. The van der Waals surface area contributed by atoms with E-state index < -0.39 is 0 Å². The second kappa shape index (κ2) is 6.05. The Morgan fingerprint density at radius 1 is 1.26 bits per heavy atom. The molecule has 1 aromatic carbocycles. The van der Waals surface area contributed by atoms with E-state index in [4.69, 9.17) is 9.72 Å². The van der Waals surface area contributed by atoms with Crippen LogP contribution in [0.25, 0.3) is 15.9 Å². The molecule has 0 amide bonds. The van der Waals surface area contributed by atoms with Crippen molar-refractivity contribution in [2.75, 3.05) is 37.0 Å². The number of rotatable bonds is 4. The first-order valence-electron chi connectivity index (χ1n) is 8.73. The maximum absolute atomic E-state index is 5.43. The van der Waals surface area contributed by atoms with Gasteiger partial charge in [0.25, 0.3) is 0 Å². The van der Waals surface area contributed by atoms with Gasteiger partial charge in [0.15, 0.2) is 10.9 Å². The SMILES string of the molecule is COc1cccc2sc(N(C)C3CN(c4nccn5c(C)nnc45)C3)nc12. The number of nitrogens with zero attached hydrogens (tertiary/aromatic N) is 7. The van der Waals surface area contributed by atoms with Gasteiger partial charge >= 0.3 is 0 Å². The van der Waals surface area contributed by atoms with Crippen LogP contribution in [0.2, 0.25) is 0 Å². The van der Waals surface area contributed by atoms with E-state index in [-0.39, 0.29) is 0 Å². The molecule has 4 aromatic rings. The fraction of sp³-hybridized carbons (Fsp3) is 0.333. The minimum atomic E-state index is 0.377. The third-order valence-corrected chi connectivity index (χ3v) is 6.19. The number of ether oxygens (including phenoxy) is 1. The predicted octanol–water partition coefficient (Wildman–Crippen LogP) is 2.38. The molecule has 27 heavy (non-hydrogen) atoms. The third-order valence-electron chi connectivity index (χ3n) is 5.08. The quantitative estimate of drug-likeness (QED) is 0.537. The first kappa shape index (κ1) is 16.2. The summed E-state index contributed by atoms with van der Waals surface area (Å²) in [5.74, 6) is 2.57. The Balaban J connectivity index is 1.37. The van der Waals surface area contributed by atoms with Crippen molar-refractivity contribution in [1.29, 1.82) is 0 Å². The van der Waals surface area contributed by atoms with Crippen molar-refractivity contribution in [2.45, 2.75) is 13.0 Å². The van der Waals surface area contributed by atoms with E-state index in [1.54, 1.807) is 24.6 Å². The van der Waals surface area contributed by atoms with Crippen LogP contribution in [0.1, 0.15) is 5.82 Å². The van der Waals surface area contributed by atoms with Gasteiger partial charge in [0.1, 0.15) is 17.1 Å². The number of para-hydroxylation sites is 1. The van der Waals surface area contributed by atoms with Gasteiger partial charge in [0, 0.05) is 32.5 Å². The summed E-state index contributed by atoms with van der Waals surface area (Å²) in [4.78, 5) is 13.8. The van der Waals surface area contributed by atoms with Crippen molar-refractivity contribution < 1.29 is 4.74 Å². The molecule has 0 saturated carbocycles. The van der Waals surface area contributed by atoms with Crippen LogP contribution in [0.15, 0.2) is 30.6 Å². The Bertz CT molecular complexity index is 1130. The molecule has 4 heterocycles. The van der Waals surface area contributed by atoms with Crippen LogP contribution in [-0.4, -0.2) is 57.9 Å². The Morgan fingerprint density at radius 3 is 2.93 bits per heavy atom. The first-order chi connectivity index (χ1) is 13.2. The maximum Gasteiger partial charge on any atom is 0.203 e. The second-order valence-corrected chi connectivity index (χ2v) is 7.67. The number of hydrogen-bond donors (Lipinski definition) is 0. The number of methoxy groups -OCH3 is 1. The molecule has 1 aliphatic heterocycles. The average Bonchev–Trinajstić information content (AvgIpc) is 3.25. The van der Waals surface area contributed by atoms with Crippen LogP contribution in [-0.2, 0) is 0 Å². The van der Waals surface area contributed by atoms with E-state index in [9.17, 15) is 0 Å². The second-order valence-electron chi connectivity index (χ2n) is 6.66. The summed E-state index contributed by atoms with van der Waals surface area (Å²) in [5.41, 5.74) is 1.73. The van der Waals surface area contributed by atoms with Gasteiger partial charge in [-0.25, -0.2) is 9.97 Å². The first-order valence-corrected chi connectivity index (χ1v) is 9.55. The zero-order chi connectivity index (χ0) is 18.5. The number of aromatic nitrogens is 5. The van der Waals surface area contributed by atoms with E-state index in [2.05, 4.69) is 38.1 Å². The Labute approximate surface area is 160 Å². The number of anilines is 2. The summed E-state index contributed by atoms with van der Waals surface area (Å²) in [7, 11) is 3.78. The van der Waals surface area contributed by atoms with Crippen LogP contribution in [0.3, 0.4) is 0 Å². The molecule has 5 rings (SSSR count). The van der Waals surface area contributed by atoms with E-state index in [1.807, 2.05) is 29.7 Å². The Kier molecular flexibility index (Phi) is 3.64. The van der Waals surface area contributed by atoms with Crippen molar-refractivity contribution >= 4 is 38.2 Å². The lowest BCUT2D eigenvalue weighted by atomic mass is 10.1. The lowest BCUT2D eigenvalue weighted by Gasteiger charge is -2.44. The summed E-state index contributed by atoms with van der Waals surface area (Å²) >= 11 is 1.69. The highest BCUT2D eigenvalue weighted by Gasteiger charge is 2.34. The van der Waals surface area contributed by atoms with Gasteiger partial charge in [-0.1, -0.05) is 17.4 Å². The molecule has 1 saturated heterocycles. The van der Waals surface area contributed by atoms with Crippen LogP contribution >= 0.6 is 11.3 Å². The van der Waals surface area contributed by atoms with Crippen molar-refractivity contribution in [3.8, 4) is 5.75 Å². The summed E-state index contributed by atoms with van der Waals surface area (Å²) < 4.78 is 8.54. The minimum Gasteiger partial charge on any atom is -0.494 e. The molecule has 138 valence electrons. The number of fused-ring (bicyclic) bond motifs is 2. The predicted molar refractivity (Wildman–Crippen MR) is 106 cm³/mol. The normalized spacial score (nSPS) is 14.7. The Morgan fingerprint density at radius 2 is 2.11 bits per heavy atom. The smallest absolute Gasteiger partial charge is 0.203 e. The highest BCUT2D eigenvalue weighted by Crippen LogP contribution is 2.35. The van der Waals surface area contributed by atoms with Gasteiger partial charge in [-0.3, -0.25) is 4.40 Å². The minimum absolute atomic E-state index is 0.377. The fourth-order valence-electron chi connectivity index (χ4n) is 3.41. The molecule has 0 N–H and O–H groups in total. The van der Waals surface area contributed by atoms with Crippen molar-refractivity contribution in [2.24, 2.45) is 0 Å². The molecule has 8 nitrogen and oxygen atoms in total. The van der Waals surface area contributed by atoms with Crippen molar-refractivity contribution in [3.63, 3.8) is 0 Å². The van der Waals surface area contributed by atoms with Crippen LogP contribution < -0.4 is 14.5 Å². The van der Waals surface area contributed by atoms with Crippen LogP contribution in [0.4, 0.5) is 10.9 Å². The van der Waals surface area contributed by atoms with E-state index in [0.717, 1.165) is 51.5 Å². The summed E-state index contributed by atoms with van der Waals surface area (Å²) in [6, 6.07) is 6.41. The molecule has 0 radical (unpaired) electrons. The molecular formula is C18H19N7OS. The number of likely N-dealkylation sites (N-methyl/N-ethyl adjacent to an activating group) is 1. The van der Waals surface area contributed by atoms with E-state index in [0.29, 0.717) is 6.04 Å². The largest absolute Gasteiger partial charge is 0.494 e. The molecule has 1 aliphatic rings. The van der Waals surface area contributed by atoms with Gasteiger partial charge in [-0.15, -0.1) is 10.2 Å². The fourth-order valence-corrected chi connectivity index (χ4v) is 4.42. The number of thiazole rings is 1. The lowest BCUT2D eigenvalue weighted by Crippen LogP contribution is -2.59. The molecule has 0 spiro atoms. The van der Waals surface area contributed by atoms with Crippen LogP contribution in [0.5, 0.6) is 5.75 Å². The van der Waals surface area contributed by atoms with E-state index >= 15 is 0 Å². The zero-order valence-corrected chi connectivity index (χ0v) is 16.1.